The van der Waals surface area contributed by atoms with Gasteiger partial charge in [-0.05, 0) is 36.4 Å². The zero-order valence-electron chi connectivity index (χ0n) is 16.2. The molecule has 2 N–H and O–H groups in total. The normalized spacial score (nSPS) is 11.0. The van der Waals surface area contributed by atoms with E-state index in [1.165, 1.54) is 42.5 Å². The van der Waals surface area contributed by atoms with Gasteiger partial charge in [0.1, 0.15) is 0 Å². The molecule has 3 aromatic rings. The van der Waals surface area contributed by atoms with Crippen molar-refractivity contribution in [1.29, 1.82) is 0 Å². The lowest BCUT2D eigenvalue weighted by Crippen LogP contribution is -2.14. The first kappa shape index (κ1) is 23.9. The summed E-state index contributed by atoms with van der Waals surface area (Å²) in [6, 6.07) is 11.9. The second-order valence-electron chi connectivity index (χ2n) is 6.44. The Balaban J connectivity index is 1.81. The summed E-state index contributed by atoms with van der Waals surface area (Å²) in [7, 11) is -4.04. The number of hydrogen-bond donors (Lipinski definition) is 2. The highest BCUT2D eigenvalue weighted by atomic mass is 35.5. The lowest BCUT2D eigenvalue weighted by Gasteiger charge is -2.11. The van der Waals surface area contributed by atoms with E-state index in [2.05, 4.69) is 10.0 Å². The number of nitro groups is 2. The van der Waals surface area contributed by atoms with Crippen LogP contribution in [0.2, 0.25) is 10.0 Å². The third kappa shape index (κ3) is 5.55. The van der Waals surface area contributed by atoms with Crippen molar-refractivity contribution in [2.45, 2.75) is 4.90 Å². The Morgan fingerprint density at radius 2 is 1.45 bits per heavy atom. The van der Waals surface area contributed by atoms with E-state index < -0.39 is 37.2 Å². The third-order valence-electron chi connectivity index (χ3n) is 4.20. The lowest BCUT2D eigenvalue weighted by atomic mass is 10.1. The Labute approximate surface area is 196 Å². The van der Waals surface area contributed by atoms with Gasteiger partial charge >= 0.3 is 0 Å². The van der Waals surface area contributed by atoms with Crippen molar-refractivity contribution in [3.8, 4) is 0 Å². The highest BCUT2D eigenvalue weighted by Gasteiger charge is 2.21. The Bertz CT molecular complexity index is 1350. The maximum atomic E-state index is 12.6. The number of carbonyl (C=O) groups excluding carboxylic acids is 1. The minimum Gasteiger partial charge on any atom is -0.322 e. The molecule has 0 saturated heterocycles. The number of nitrogens with zero attached hydrogens (tertiary/aromatic N) is 2. The van der Waals surface area contributed by atoms with Gasteiger partial charge in [0.2, 0.25) is 0 Å². The molecule has 0 saturated carbocycles. The second kappa shape index (κ2) is 9.40. The molecule has 11 nitrogen and oxygen atoms in total. The number of rotatable bonds is 7. The summed E-state index contributed by atoms with van der Waals surface area (Å²) >= 11 is 11.9. The summed E-state index contributed by atoms with van der Waals surface area (Å²) in [6.45, 7) is 0. The fraction of sp³-hybridized carbons (Fsp3) is 0. The van der Waals surface area contributed by atoms with Crippen LogP contribution in [0.4, 0.5) is 22.7 Å². The first-order chi connectivity index (χ1) is 15.5. The minimum atomic E-state index is -4.04. The molecular weight excluding hydrogens is 499 g/mol. The van der Waals surface area contributed by atoms with Crippen LogP contribution in [0.1, 0.15) is 10.4 Å². The molecule has 0 atom stereocenters. The van der Waals surface area contributed by atoms with Crippen LogP contribution < -0.4 is 10.0 Å². The topological polar surface area (TPSA) is 162 Å². The van der Waals surface area contributed by atoms with E-state index in [-0.39, 0.29) is 31.9 Å². The molecule has 0 spiro atoms. The zero-order valence-corrected chi connectivity index (χ0v) is 18.5. The van der Waals surface area contributed by atoms with Crippen molar-refractivity contribution < 1.29 is 23.1 Å². The summed E-state index contributed by atoms with van der Waals surface area (Å²) in [6.07, 6.45) is 0. The Kier molecular flexibility index (Phi) is 6.81. The maximum absolute atomic E-state index is 12.6. The van der Waals surface area contributed by atoms with Gasteiger partial charge in [0, 0.05) is 17.8 Å². The molecule has 0 aliphatic rings. The number of carbonyl (C=O) groups is 1. The molecule has 33 heavy (non-hydrogen) atoms. The second-order valence-corrected chi connectivity index (χ2v) is 8.91. The van der Waals surface area contributed by atoms with Gasteiger partial charge in [0.05, 0.1) is 42.1 Å². The number of sulfonamides is 1. The summed E-state index contributed by atoms with van der Waals surface area (Å²) in [5, 5.41) is 24.6. The van der Waals surface area contributed by atoms with Crippen molar-refractivity contribution in [2.24, 2.45) is 0 Å². The standard InChI is InChI=1S/C19H12Cl2N4O7S/c20-16-2-1-3-17(18(16)21)23-33(31,32)15-6-4-12(5-7-15)22-19(26)11-8-13(24(27)28)10-14(9-11)25(29)30/h1-10,23H,(H,22,26). The van der Waals surface area contributed by atoms with Crippen LogP contribution >= 0.6 is 23.2 Å². The number of benzene rings is 3. The molecule has 0 unspecified atom stereocenters. The maximum Gasteiger partial charge on any atom is 0.277 e. The van der Waals surface area contributed by atoms with Crippen molar-refractivity contribution in [1.82, 2.24) is 0 Å². The molecule has 0 heterocycles. The van der Waals surface area contributed by atoms with Crippen molar-refractivity contribution in [3.05, 3.63) is 96.5 Å². The quantitative estimate of drug-likeness (QED) is 0.338. The number of amides is 1. The van der Waals surface area contributed by atoms with Gasteiger partial charge in [0.25, 0.3) is 27.3 Å². The average molecular weight is 511 g/mol. The first-order valence-corrected chi connectivity index (χ1v) is 11.0. The fourth-order valence-electron chi connectivity index (χ4n) is 2.64. The van der Waals surface area contributed by atoms with Crippen LogP contribution in [-0.2, 0) is 10.0 Å². The number of hydrogen-bond acceptors (Lipinski definition) is 7. The third-order valence-corrected chi connectivity index (χ3v) is 6.41. The molecule has 0 aliphatic carbocycles. The summed E-state index contributed by atoms with van der Waals surface area (Å²) < 4.78 is 27.5. The SMILES string of the molecule is O=C(Nc1ccc(S(=O)(=O)Nc2cccc(Cl)c2Cl)cc1)c1cc([N+](=O)[O-])cc([N+](=O)[O-])c1. The van der Waals surface area contributed by atoms with E-state index in [9.17, 15) is 33.4 Å². The Morgan fingerprint density at radius 1 is 0.879 bits per heavy atom. The molecule has 1 amide bonds. The van der Waals surface area contributed by atoms with Gasteiger partial charge in [0.15, 0.2) is 0 Å². The van der Waals surface area contributed by atoms with Crippen LogP contribution in [0, 0.1) is 20.2 Å². The highest BCUT2D eigenvalue weighted by molar-refractivity contribution is 7.92. The predicted molar refractivity (Wildman–Crippen MR) is 121 cm³/mol. The zero-order chi connectivity index (χ0) is 24.3. The minimum absolute atomic E-state index is 0.0256. The van der Waals surface area contributed by atoms with E-state index in [1.807, 2.05) is 0 Å². The molecule has 3 aromatic carbocycles. The van der Waals surface area contributed by atoms with Crippen LogP contribution in [0.5, 0.6) is 0 Å². The van der Waals surface area contributed by atoms with Gasteiger partial charge < -0.3 is 5.32 Å². The number of nitrogens with one attached hydrogen (secondary N) is 2. The molecule has 3 rings (SSSR count). The van der Waals surface area contributed by atoms with E-state index >= 15 is 0 Å². The molecule has 14 heteroatoms. The molecule has 0 aliphatic heterocycles. The lowest BCUT2D eigenvalue weighted by molar-refractivity contribution is -0.394. The van der Waals surface area contributed by atoms with Crippen LogP contribution in [0.3, 0.4) is 0 Å². The van der Waals surface area contributed by atoms with E-state index in [4.69, 9.17) is 23.2 Å². The van der Waals surface area contributed by atoms with Crippen LogP contribution in [0.15, 0.2) is 65.6 Å². The van der Waals surface area contributed by atoms with Gasteiger partial charge in [-0.2, -0.15) is 0 Å². The summed E-state index contributed by atoms with van der Waals surface area (Å²) in [5.41, 5.74) is -1.34. The largest absolute Gasteiger partial charge is 0.322 e. The number of nitro benzene ring substituents is 2. The van der Waals surface area contributed by atoms with Crippen LogP contribution in [0.25, 0.3) is 0 Å². The molecule has 0 bridgehead atoms. The fourth-order valence-corrected chi connectivity index (χ4v) is 4.12. The Morgan fingerprint density at radius 3 is 2.00 bits per heavy atom. The number of non-ortho nitro benzene ring substituents is 2. The average Bonchev–Trinajstić information content (AvgIpc) is 2.76. The highest BCUT2D eigenvalue weighted by Crippen LogP contribution is 2.31. The Hall–Kier alpha value is -3.74. The summed E-state index contributed by atoms with van der Waals surface area (Å²) in [5.74, 6) is -0.860. The molecule has 0 radical (unpaired) electrons. The van der Waals surface area contributed by atoms with Crippen molar-refractivity contribution in [2.75, 3.05) is 10.0 Å². The van der Waals surface area contributed by atoms with E-state index in [0.717, 1.165) is 18.2 Å². The number of halogens is 2. The smallest absolute Gasteiger partial charge is 0.277 e. The first-order valence-electron chi connectivity index (χ1n) is 8.80. The molecule has 0 fully saturated rings. The van der Waals surface area contributed by atoms with Crippen molar-refractivity contribution in [3.63, 3.8) is 0 Å². The van der Waals surface area contributed by atoms with Gasteiger partial charge in [-0.3, -0.25) is 29.7 Å². The van der Waals surface area contributed by atoms with Gasteiger partial charge in [-0.25, -0.2) is 8.42 Å². The van der Waals surface area contributed by atoms with E-state index in [1.54, 1.807) is 0 Å². The monoisotopic (exact) mass is 510 g/mol. The molecular formula is C19H12Cl2N4O7S. The van der Waals surface area contributed by atoms with Crippen LogP contribution in [-0.4, -0.2) is 24.2 Å². The molecule has 0 aromatic heterocycles. The molecule has 170 valence electrons. The summed E-state index contributed by atoms with van der Waals surface area (Å²) in [4.78, 5) is 32.5. The van der Waals surface area contributed by atoms with Gasteiger partial charge in [-0.15, -0.1) is 0 Å². The number of anilines is 2. The van der Waals surface area contributed by atoms with E-state index in [0.29, 0.717) is 0 Å². The van der Waals surface area contributed by atoms with Crippen molar-refractivity contribution >= 4 is 61.9 Å². The van der Waals surface area contributed by atoms with Gasteiger partial charge in [-0.1, -0.05) is 29.3 Å². The predicted octanol–water partition coefficient (Wildman–Crippen LogP) is 4.86.